The molecule has 0 N–H and O–H groups in total. The van der Waals surface area contributed by atoms with Crippen LogP contribution in [0.4, 0.5) is 0 Å². The summed E-state index contributed by atoms with van der Waals surface area (Å²) < 4.78 is 36.2. The number of amides is 1. The van der Waals surface area contributed by atoms with Crippen LogP contribution in [0.25, 0.3) is 11.0 Å². The Bertz CT molecular complexity index is 1210. The van der Waals surface area contributed by atoms with Crippen molar-refractivity contribution in [1.82, 2.24) is 4.90 Å². The van der Waals surface area contributed by atoms with Gasteiger partial charge in [-0.2, -0.15) is 0 Å². The minimum absolute atomic E-state index is 0.0435. The van der Waals surface area contributed by atoms with Crippen molar-refractivity contribution in [1.29, 1.82) is 0 Å². The zero-order valence-corrected chi connectivity index (χ0v) is 18.9. The van der Waals surface area contributed by atoms with Gasteiger partial charge in [0.1, 0.15) is 11.3 Å². The molecule has 2 aromatic heterocycles. The van der Waals surface area contributed by atoms with Crippen LogP contribution in [0.15, 0.2) is 37.8 Å². The molecule has 154 valence electrons. The van der Waals surface area contributed by atoms with E-state index in [-0.39, 0.29) is 29.7 Å². The first kappa shape index (κ1) is 20.2. The zero-order valence-electron chi connectivity index (χ0n) is 16.5. The molecule has 1 amide bonds. The van der Waals surface area contributed by atoms with E-state index >= 15 is 0 Å². The number of hydrogen-bond donors (Lipinski definition) is 0. The molecule has 1 saturated heterocycles. The summed E-state index contributed by atoms with van der Waals surface area (Å²) >= 11 is 3.27. The Morgan fingerprint density at radius 1 is 1.17 bits per heavy atom. The van der Waals surface area contributed by atoms with Crippen molar-refractivity contribution in [3.8, 4) is 0 Å². The Hall–Kier alpha value is -2.06. The summed E-state index contributed by atoms with van der Waals surface area (Å²) in [5.41, 5.74) is 3.64. The van der Waals surface area contributed by atoms with Crippen LogP contribution in [-0.2, 0) is 16.4 Å². The monoisotopic (exact) mass is 479 g/mol. The molecule has 1 unspecified atom stereocenters. The summed E-state index contributed by atoms with van der Waals surface area (Å²) in [5.74, 6) is 0.553. The van der Waals surface area contributed by atoms with Crippen LogP contribution in [0, 0.1) is 20.8 Å². The largest absolute Gasteiger partial charge is 0.452 e. The summed E-state index contributed by atoms with van der Waals surface area (Å²) in [6, 6.07) is 7.07. The zero-order chi connectivity index (χ0) is 20.9. The molecule has 0 saturated carbocycles. The van der Waals surface area contributed by atoms with Gasteiger partial charge in [-0.05, 0) is 78.5 Å². The molecule has 8 heteroatoms. The van der Waals surface area contributed by atoms with Crippen LogP contribution < -0.4 is 0 Å². The fourth-order valence-corrected chi connectivity index (χ4v) is 5.87. The van der Waals surface area contributed by atoms with Crippen molar-refractivity contribution in [2.75, 3.05) is 11.5 Å². The standard InChI is InChI=1S/C21H22BrNO5S/c1-12-8-17-14(3)20(28-18(17)9-13(12)2)21(24)23(10-16-4-5-19(22)27-16)15-6-7-29(25,26)11-15/h4-5,8-9,15H,6-7,10-11H2,1-3H3. The lowest BCUT2D eigenvalue weighted by atomic mass is 10.0. The molecule has 1 aliphatic heterocycles. The van der Waals surface area contributed by atoms with Crippen LogP contribution in [0.5, 0.6) is 0 Å². The van der Waals surface area contributed by atoms with E-state index in [9.17, 15) is 13.2 Å². The predicted octanol–water partition coefficient (Wildman–Crippen LogP) is 4.54. The highest BCUT2D eigenvalue weighted by Gasteiger charge is 2.37. The van der Waals surface area contributed by atoms with Gasteiger partial charge in [-0.3, -0.25) is 4.79 Å². The summed E-state index contributed by atoms with van der Waals surface area (Å²) in [6.45, 7) is 6.06. The van der Waals surface area contributed by atoms with Crippen LogP contribution in [-0.4, -0.2) is 36.8 Å². The van der Waals surface area contributed by atoms with E-state index in [1.165, 1.54) is 0 Å². The lowest BCUT2D eigenvalue weighted by molar-refractivity contribution is 0.0634. The highest BCUT2D eigenvalue weighted by Crippen LogP contribution is 2.31. The van der Waals surface area contributed by atoms with E-state index in [1.807, 2.05) is 32.9 Å². The number of furan rings is 2. The van der Waals surface area contributed by atoms with Gasteiger partial charge in [0, 0.05) is 17.0 Å². The Kier molecular flexibility index (Phi) is 5.11. The lowest BCUT2D eigenvalue weighted by Crippen LogP contribution is -2.40. The number of nitrogens with zero attached hydrogens (tertiary/aromatic N) is 1. The number of aryl methyl sites for hydroxylation is 3. The normalized spacial score (nSPS) is 18.4. The van der Waals surface area contributed by atoms with Crippen molar-refractivity contribution in [3.05, 3.63) is 57.1 Å². The number of carbonyl (C=O) groups excluding carboxylic acids is 1. The summed E-state index contributed by atoms with van der Waals surface area (Å²) in [5, 5.41) is 0.899. The fraction of sp³-hybridized carbons (Fsp3) is 0.381. The van der Waals surface area contributed by atoms with E-state index in [1.54, 1.807) is 17.0 Å². The molecule has 4 rings (SSSR count). The molecule has 29 heavy (non-hydrogen) atoms. The number of benzene rings is 1. The molecule has 6 nitrogen and oxygen atoms in total. The molecule has 1 aliphatic rings. The van der Waals surface area contributed by atoms with E-state index in [4.69, 9.17) is 8.83 Å². The smallest absolute Gasteiger partial charge is 0.290 e. The van der Waals surface area contributed by atoms with Gasteiger partial charge in [0.2, 0.25) is 0 Å². The van der Waals surface area contributed by atoms with E-state index in [0.717, 1.165) is 22.1 Å². The second-order valence-corrected chi connectivity index (χ2v) is 10.7. The van der Waals surface area contributed by atoms with Gasteiger partial charge >= 0.3 is 0 Å². The first-order valence-corrected chi connectivity index (χ1v) is 12.0. The summed E-state index contributed by atoms with van der Waals surface area (Å²) in [6.07, 6.45) is 0.410. The molecular weight excluding hydrogens is 458 g/mol. The SMILES string of the molecule is Cc1cc2oc(C(=O)N(Cc3ccc(Br)o3)C3CCS(=O)(=O)C3)c(C)c2cc1C. The average molecular weight is 480 g/mol. The molecular formula is C21H22BrNO5S. The Morgan fingerprint density at radius 3 is 2.52 bits per heavy atom. The second kappa shape index (κ2) is 7.32. The number of rotatable bonds is 4. The molecule has 0 radical (unpaired) electrons. The molecule has 0 bridgehead atoms. The number of carbonyl (C=O) groups is 1. The highest BCUT2D eigenvalue weighted by atomic mass is 79.9. The van der Waals surface area contributed by atoms with Gasteiger partial charge in [0.05, 0.1) is 18.1 Å². The third-order valence-electron chi connectivity index (χ3n) is 5.61. The number of halogens is 1. The van der Waals surface area contributed by atoms with E-state index < -0.39 is 15.9 Å². The molecule has 3 aromatic rings. The molecule has 3 heterocycles. The van der Waals surface area contributed by atoms with Crippen LogP contribution in [0.2, 0.25) is 0 Å². The molecule has 0 aliphatic carbocycles. The summed E-state index contributed by atoms with van der Waals surface area (Å²) in [4.78, 5) is 15.1. The first-order chi connectivity index (χ1) is 13.6. The van der Waals surface area contributed by atoms with Crippen molar-refractivity contribution >= 4 is 42.6 Å². The molecule has 1 aromatic carbocycles. The predicted molar refractivity (Wildman–Crippen MR) is 114 cm³/mol. The highest BCUT2D eigenvalue weighted by molar-refractivity contribution is 9.10. The Morgan fingerprint density at radius 2 is 1.90 bits per heavy atom. The van der Waals surface area contributed by atoms with Gasteiger partial charge in [-0.1, -0.05) is 0 Å². The van der Waals surface area contributed by atoms with Gasteiger partial charge < -0.3 is 13.7 Å². The average Bonchev–Trinajstić information content (AvgIpc) is 3.31. The first-order valence-electron chi connectivity index (χ1n) is 9.40. The number of sulfone groups is 1. The maximum Gasteiger partial charge on any atom is 0.290 e. The minimum atomic E-state index is -3.15. The molecule has 1 fully saturated rings. The number of fused-ring (bicyclic) bond motifs is 1. The molecule has 1 atom stereocenters. The van der Waals surface area contributed by atoms with Gasteiger partial charge in [-0.25, -0.2) is 8.42 Å². The van der Waals surface area contributed by atoms with Crippen molar-refractivity contribution in [2.24, 2.45) is 0 Å². The third kappa shape index (κ3) is 3.88. The fourth-order valence-electron chi connectivity index (χ4n) is 3.80. The van der Waals surface area contributed by atoms with Gasteiger partial charge in [-0.15, -0.1) is 0 Å². The van der Waals surface area contributed by atoms with Crippen LogP contribution >= 0.6 is 15.9 Å². The van der Waals surface area contributed by atoms with Crippen molar-refractivity contribution < 1.29 is 22.0 Å². The molecule has 0 spiro atoms. The maximum atomic E-state index is 13.5. The van der Waals surface area contributed by atoms with E-state index in [0.29, 0.717) is 22.4 Å². The van der Waals surface area contributed by atoms with Gasteiger partial charge in [0.15, 0.2) is 20.3 Å². The third-order valence-corrected chi connectivity index (χ3v) is 7.79. The van der Waals surface area contributed by atoms with Crippen molar-refractivity contribution in [3.63, 3.8) is 0 Å². The quantitative estimate of drug-likeness (QED) is 0.548. The topological polar surface area (TPSA) is 80.7 Å². The lowest BCUT2D eigenvalue weighted by Gasteiger charge is -2.26. The Balaban J connectivity index is 1.74. The van der Waals surface area contributed by atoms with Crippen molar-refractivity contribution in [2.45, 2.75) is 39.8 Å². The Labute approximate surface area is 177 Å². The minimum Gasteiger partial charge on any atom is -0.452 e. The van der Waals surface area contributed by atoms with E-state index in [2.05, 4.69) is 15.9 Å². The second-order valence-electron chi connectivity index (χ2n) is 7.68. The summed E-state index contributed by atoms with van der Waals surface area (Å²) in [7, 11) is -3.15. The maximum absolute atomic E-state index is 13.5. The van der Waals surface area contributed by atoms with Gasteiger partial charge in [0.25, 0.3) is 5.91 Å². The van der Waals surface area contributed by atoms with Crippen LogP contribution in [0.1, 0.15) is 39.4 Å². The number of hydrogen-bond acceptors (Lipinski definition) is 5. The van der Waals surface area contributed by atoms with Crippen LogP contribution in [0.3, 0.4) is 0 Å².